The highest BCUT2D eigenvalue weighted by Gasteiger charge is 2.18. The van der Waals surface area contributed by atoms with E-state index in [1.807, 2.05) is 0 Å². The zero-order chi connectivity index (χ0) is 14.1. The molecule has 0 bridgehead atoms. The first kappa shape index (κ1) is 16.4. The maximum absolute atomic E-state index is 11.6. The first-order chi connectivity index (χ1) is 9.19. The molecule has 0 aromatic carbocycles. The van der Waals surface area contributed by atoms with E-state index in [1.165, 1.54) is 39.2 Å². The van der Waals surface area contributed by atoms with E-state index in [-0.39, 0.29) is 12.5 Å². The molecule has 0 aliphatic heterocycles. The molecule has 3 N–H and O–H groups in total. The Morgan fingerprint density at radius 1 is 1.42 bits per heavy atom. The van der Waals surface area contributed by atoms with Crippen LogP contribution in [0, 0.1) is 0 Å². The van der Waals surface area contributed by atoms with Gasteiger partial charge in [-0.1, -0.05) is 19.3 Å². The van der Waals surface area contributed by atoms with Crippen LogP contribution in [0.25, 0.3) is 0 Å². The number of amides is 1. The lowest BCUT2D eigenvalue weighted by atomic mass is 9.94. The normalized spacial score (nSPS) is 18.5. The molecule has 5 nitrogen and oxygen atoms in total. The van der Waals surface area contributed by atoms with E-state index in [0.717, 1.165) is 19.0 Å². The fourth-order valence-corrected chi connectivity index (χ4v) is 2.67. The maximum Gasteiger partial charge on any atom is 0.250 e. The number of methoxy groups -OCH3 is 1. The van der Waals surface area contributed by atoms with Gasteiger partial charge in [-0.15, -0.1) is 0 Å². The zero-order valence-corrected chi connectivity index (χ0v) is 12.4. The van der Waals surface area contributed by atoms with Crippen molar-refractivity contribution in [3.8, 4) is 0 Å². The van der Waals surface area contributed by atoms with Gasteiger partial charge in [-0.25, -0.2) is 0 Å². The van der Waals surface area contributed by atoms with Crippen molar-refractivity contribution in [2.45, 2.75) is 50.7 Å². The van der Waals surface area contributed by atoms with E-state index in [9.17, 15) is 4.79 Å². The number of nitrogens with zero attached hydrogens (tertiary/aromatic N) is 1. The highest BCUT2D eigenvalue weighted by atomic mass is 16.5. The maximum atomic E-state index is 11.6. The third-order valence-electron chi connectivity index (χ3n) is 3.98. The smallest absolute Gasteiger partial charge is 0.250 e. The van der Waals surface area contributed by atoms with Crippen molar-refractivity contribution in [3.63, 3.8) is 0 Å². The van der Waals surface area contributed by atoms with Crippen LogP contribution in [0.5, 0.6) is 0 Å². The van der Waals surface area contributed by atoms with Gasteiger partial charge in [0.1, 0.15) is 6.10 Å². The minimum Gasteiger partial charge on any atom is -0.370 e. The summed E-state index contributed by atoms with van der Waals surface area (Å²) in [6.45, 7) is 1.95. The van der Waals surface area contributed by atoms with Gasteiger partial charge in [0.25, 0.3) is 0 Å². The van der Waals surface area contributed by atoms with E-state index in [4.69, 9.17) is 10.5 Å². The first-order valence-corrected chi connectivity index (χ1v) is 7.39. The molecule has 5 heteroatoms. The monoisotopic (exact) mass is 271 g/mol. The largest absolute Gasteiger partial charge is 0.370 e. The number of hydrogen-bond donors (Lipinski definition) is 2. The molecule has 112 valence electrons. The molecule has 19 heavy (non-hydrogen) atoms. The number of nitrogens with two attached hydrogens (primary N) is 1. The van der Waals surface area contributed by atoms with Gasteiger partial charge in [0.15, 0.2) is 0 Å². The molecule has 1 aliphatic carbocycles. The van der Waals surface area contributed by atoms with Gasteiger partial charge >= 0.3 is 0 Å². The lowest BCUT2D eigenvalue weighted by Gasteiger charge is -2.31. The fraction of sp³-hybridized carbons (Fsp3) is 0.929. The number of rotatable bonds is 8. The number of hydrogen-bond acceptors (Lipinski definition) is 4. The minimum atomic E-state index is -0.518. The molecular formula is C14H29N3O2. The third-order valence-corrected chi connectivity index (χ3v) is 3.98. The van der Waals surface area contributed by atoms with Crippen LogP contribution in [-0.2, 0) is 9.53 Å². The molecule has 1 amide bonds. The average Bonchev–Trinajstić information content (AvgIpc) is 2.45. The Bertz CT molecular complexity index is 251. The Labute approximate surface area is 116 Å². The summed E-state index contributed by atoms with van der Waals surface area (Å²) < 4.78 is 4.99. The Hall–Kier alpha value is -0.650. The summed E-state index contributed by atoms with van der Waals surface area (Å²) in [6.07, 6.45) is 7.20. The Morgan fingerprint density at radius 2 is 2.11 bits per heavy atom. The lowest BCUT2D eigenvalue weighted by Crippen LogP contribution is -2.42. The van der Waals surface area contributed by atoms with Crippen molar-refractivity contribution in [1.82, 2.24) is 10.2 Å². The van der Waals surface area contributed by atoms with Crippen molar-refractivity contribution < 1.29 is 9.53 Å². The van der Waals surface area contributed by atoms with E-state index in [2.05, 4.69) is 17.3 Å². The number of carbonyl (C=O) groups excluding carboxylic acids is 1. The van der Waals surface area contributed by atoms with Crippen LogP contribution >= 0.6 is 0 Å². The average molecular weight is 271 g/mol. The Kier molecular flexibility index (Phi) is 8.02. The van der Waals surface area contributed by atoms with Crippen molar-refractivity contribution in [3.05, 3.63) is 0 Å². The van der Waals surface area contributed by atoms with Crippen LogP contribution in [0.3, 0.4) is 0 Å². The predicted molar refractivity (Wildman–Crippen MR) is 77.0 cm³/mol. The van der Waals surface area contributed by atoms with Crippen LogP contribution in [0.15, 0.2) is 0 Å². The molecule has 1 fully saturated rings. The molecular weight excluding hydrogens is 242 g/mol. The first-order valence-electron chi connectivity index (χ1n) is 7.39. The summed E-state index contributed by atoms with van der Waals surface area (Å²) in [5.74, 6) is -0.106. The fourth-order valence-electron chi connectivity index (χ4n) is 2.67. The Balaban J connectivity index is 2.11. The summed E-state index contributed by atoms with van der Waals surface area (Å²) in [5, 5.41) is 2.87. The molecule has 1 atom stereocenters. The SMILES string of the molecule is COC(CN)C(=O)NCCCN(C)C1CCCCC1. The molecule has 1 unspecified atom stereocenters. The van der Waals surface area contributed by atoms with Gasteiger partial charge < -0.3 is 20.7 Å². The summed E-state index contributed by atoms with van der Waals surface area (Å²) in [7, 11) is 3.70. The minimum absolute atomic E-state index is 0.106. The topological polar surface area (TPSA) is 67.6 Å². The standard InChI is InChI=1S/C14H29N3O2/c1-17(12-7-4-3-5-8-12)10-6-9-16-14(18)13(11-15)19-2/h12-13H,3-11,15H2,1-2H3,(H,16,18). The molecule has 0 radical (unpaired) electrons. The van der Waals surface area contributed by atoms with Gasteiger partial charge in [0.2, 0.25) is 5.91 Å². The summed E-state index contributed by atoms with van der Waals surface area (Å²) >= 11 is 0. The van der Waals surface area contributed by atoms with Crippen LogP contribution in [0.2, 0.25) is 0 Å². The number of nitrogens with one attached hydrogen (secondary N) is 1. The van der Waals surface area contributed by atoms with Crippen molar-refractivity contribution in [1.29, 1.82) is 0 Å². The van der Waals surface area contributed by atoms with E-state index in [0.29, 0.717) is 6.54 Å². The molecule has 0 heterocycles. The molecule has 1 aliphatic rings. The lowest BCUT2D eigenvalue weighted by molar-refractivity contribution is -0.130. The van der Waals surface area contributed by atoms with Gasteiger partial charge in [-0.3, -0.25) is 4.79 Å². The quantitative estimate of drug-likeness (QED) is 0.639. The third kappa shape index (κ3) is 5.89. The molecule has 0 aromatic rings. The van der Waals surface area contributed by atoms with Crippen molar-refractivity contribution in [2.24, 2.45) is 5.73 Å². The number of ether oxygens (including phenoxy) is 1. The predicted octanol–water partition coefficient (Wildman–Crippen LogP) is 0.731. The summed E-state index contributed by atoms with van der Waals surface area (Å²) in [6, 6.07) is 0.736. The zero-order valence-electron chi connectivity index (χ0n) is 12.4. The molecule has 1 saturated carbocycles. The van der Waals surface area contributed by atoms with E-state index < -0.39 is 6.10 Å². The number of carbonyl (C=O) groups is 1. The van der Waals surface area contributed by atoms with Gasteiger partial charge in [0.05, 0.1) is 0 Å². The second-order valence-corrected chi connectivity index (χ2v) is 5.38. The molecule has 0 spiro atoms. The summed E-state index contributed by atoms with van der Waals surface area (Å²) in [4.78, 5) is 14.1. The van der Waals surface area contributed by atoms with Crippen LogP contribution in [-0.4, -0.2) is 56.7 Å². The molecule has 0 aromatic heterocycles. The molecule has 1 rings (SSSR count). The Morgan fingerprint density at radius 3 is 2.68 bits per heavy atom. The van der Waals surface area contributed by atoms with Crippen LogP contribution < -0.4 is 11.1 Å². The second-order valence-electron chi connectivity index (χ2n) is 5.38. The highest BCUT2D eigenvalue weighted by Crippen LogP contribution is 2.21. The van der Waals surface area contributed by atoms with E-state index in [1.54, 1.807) is 0 Å². The highest BCUT2D eigenvalue weighted by molar-refractivity contribution is 5.80. The summed E-state index contributed by atoms with van der Waals surface area (Å²) in [5.41, 5.74) is 5.44. The van der Waals surface area contributed by atoms with Crippen molar-refractivity contribution >= 4 is 5.91 Å². The van der Waals surface area contributed by atoms with Gasteiger partial charge in [-0.2, -0.15) is 0 Å². The van der Waals surface area contributed by atoms with Gasteiger partial charge in [0, 0.05) is 26.2 Å². The van der Waals surface area contributed by atoms with Crippen LogP contribution in [0.4, 0.5) is 0 Å². The van der Waals surface area contributed by atoms with Crippen LogP contribution in [0.1, 0.15) is 38.5 Å². The molecule has 0 saturated heterocycles. The second kappa shape index (κ2) is 9.28. The van der Waals surface area contributed by atoms with Crippen molar-refractivity contribution in [2.75, 3.05) is 33.8 Å². The van der Waals surface area contributed by atoms with Gasteiger partial charge in [-0.05, 0) is 32.9 Å². The van der Waals surface area contributed by atoms with E-state index >= 15 is 0 Å².